The zero-order valence-corrected chi connectivity index (χ0v) is 13.5. The van der Waals surface area contributed by atoms with Gasteiger partial charge < -0.3 is 5.11 Å². The Balaban J connectivity index is 2.69. The summed E-state index contributed by atoms with van der Waals surface area (Å²) in [5.74, 6) is -1.48. The molecule has 118 valence electrons. The molecule has 0 radical (unpaired) electrons. The topological polar surface area (TPSA) is 88.5 Å². The molecule has 0 saturated heterocycles. The number of rotatable bonds is 9. The number of benzene rings is 1. The molecular weight excluding hydrogens is 312 g/mol. The highest BCUT2D eigenvalue weighted by Crippen LogP contribution is 2.10. The van der Waals surface area contributed by atoms with Crippen molar-refractivity contribution in [2.75, 3.05) is 17.3 Å². The molecule has 0 saturated carbocycles. The van der Waals surface area contributed by atoms with Gasteiger partial charge in [0.2, 0.25) is 0 Å². The summed E-state index contributed by atoms with van der Waals surface area (Å²) in [6, 6.07) is 8.90. The van der Waals surface area contributed by atoms with Crippen molar-refractivity contribution in [1.29, 1.82) is 0 Å². The first-order valence-corrected chi connectivity index (χ1v) is 9.90. The molecule has 5 nitrogen and oxygen atoms in total. The number of sulfone groups is 1. The highest BCUT2D eigenvalue weighted by molar-refractivity contribution is 7.93. The standard InChI is InChI=1S/C14H20O5S2/c1-2-9-21(18,19)10-8-20(17)13(14(15)16)11-12-6-4-3-5-7-12/h3-7,13H,2,8-11H2,1H3,(H,15,16). The van der Waals surface area contributed by atoms with Crippen LogP contribution in [-0.2, 0) is 31.9 Å². The van der Waals surface area contributed by atoms with E-state index in [4.69, 9.17) is 0 Å². The second kappa shape index (κ2) is 8.29. The molecule has 1 aromatic carbocycles. The molecule has 0 bridgehead atoms. The van der Waals surface area contributed by atoms with E-state index in [1.54, 1.807) is 31.2 Å². The highest BCUT2D eigenvalue weighted by atomic mass is 32.2. The van der Waals surface area contributed by atoms with Gasteiger partial charge in [-0.2, -0.15) is 0 Å². The van der Waals surface area contributed by atoms with Gasteiger partial charge in [0.15, 0.2) is 9.84 Å². The SMILES string of the molecule is CCCS(=O)(=O)CCS(=O)C(Cc1ccccc1)C(=O)O. The molecule has 0 aliphatic carbocycles. The van der Waals surface area contributed by atoms with Crippen LogP contribution in [0.25, 0.3) is 0 Å². The van der Waals surface area contributed by atoms with E-state index in [9.17, 15) is 22.5 Å². The summed E-state index contributed by atoms with van der Waals surface area (Å²) in [4.78, 5) is 11.3. The fourth-order valence-corrected chi connectivity index (χ4v) is 5.27. The number of carboxylic acid groups (broad SMARTS) is 1. The third-order valence-electron chi connectivity index (χ3n) is 2.97. The summed E-state index contributed by atoms with van der Waals surface area (Å²) in [6.07, 6.45) is 0.637. The molecule has 0 spiro atoms. The summed E-state index contributed by atoms with van der Waals surface area (Å²) in [5, 5.41) is 8.12. The second-order valence-electron chi connectivity index (χ2n) is 4.75. The maximum atomic E-state index is 12.1. The predicted octanol–water partition coefficient (Wildman–Crippen LogP) is 1.26. The molecular formula is C14H20O5S2. The minimum atomic E-state index is -3.24. The van der Waals surface area contributed by atoms with Gasteiger partial charge in [-0.3, -0.25) is 9.00 Å². The van der Waals surface area contributed by atoms with E-state index < -0.39 is 31.9 Å². The number of hydrogen-bond donors (Lipinski definition) is 1. The number of aliphatic carboxylic acids is 1. The van der Waals surface area contributed by atoms with Crippen molar-refractivity contribution in [3.05, 3.63) is 35.9 Å². The van der Waals surface area contributed by atoms with E-state index in [1.165, 1.54) is 0 Å². The first-order chi connectivity index (χ1) is 9.85. The zero-order valence-electron chi connectivity index (χ0n) is 11.9. The first-order valence-electron chi connectivity index (χ1n) is 6.70. The summed E-state index contributed by atoms with van der Waals surface area (Å²) in [7, 11) is -4.96. The Kier molecular flexibility index (Phi) is 7.04. The molecule has 0 aromatic heterocycles. The predicted molar refractivity (Wildman–Crippen MR) is 83.5 cm³/mol. The van der Waals surface area contributed by atoms with E-state index in [0.29, 0.717) is 6.42 Å². The van der Waals surface area contributed by atoms with Gasteiger partial charge in [0.05, 0.1) is 5.75 Å². The van der Waals surface area contributed by atoms with E-state index >= 15 is 0 Å². The van der Waals surface area contributed by atoms with Crippen LogP contribution in [0, 0.1) is 0 Å². The molecule has 2 unspecified atom stereocenters. The lowest BCUT2D eigenvalue weighted by Crippen LogP contribution is -2.31. The Bertz CT molecular complexity index is 581. The van der Waals surface area contributed by atoms with Crippen molar-refractivity contribution < 1.29 is 22.5 Å². The summed E-state index contributed by atoms with van der Waals surface area (Å²) in [5.41, 5.74) is 0.773. The third-order valence-corrected chi connectivity index (χ3v) is 6.69. The molecule has 0 amide bonds. The van der Waals surface area contributed by atoms with Gasteiger partial charge in [0, 0.05) is 22.3 Å². The summed E-state index contributed by atoms with van der Waals surface area (Å²) in [6.45, 7) is 1.75. The molecule has 0 aliphatic heterocycles. The Morgan fingerprint density at radius 1 is 1.24 bits per heavy atom. The molecule has 0 aliphatic rings. The van der Waals surface area contributed by atoms with Gasteiger partial charge in [-0.1, -0.05) is 37.3 Å². The number of carbonyl (C=O) groups is 1. The van der Waals surface area contributed by atoms with Gasteiger partial charge in [-0.05, 0) is 18.4 Å². The Labute approximate surface area is 127 Å². The van der Waals surface area contributed by atoms with Crippen molar-refractivity contribution in [3.8, 4) is 0 Å². The minimum Gasteiger partial charge on any atom is -0.480 e. The maximum absolute atomic E-state index is 12.1. The lowest BCUT2D eigenvalue weighted by molar-refractivity contribution is -0.136. The van der Waals surface area contributed by atoms with E-state index in [1.807, 2.05) is 6.07 Å². The second-order valence-corrected chi connectivity index (χ2v) is 8.80. The molecule has 1 N–H and O–H groups in total. The number of carboxylic acids is 1. The maximum Gasteiger partial charge on any atom is 0.319 e. The Morgan fingerprint density at radius 3 is 2.38 bits per heavy atom. The van der Waals surface area contributed by atoms with Gasteiger partial charge in [0.25, 0.3) is 0 Å². The minimum absolute atomic E-state index is 0.0423. The molecule has 21 heavy (non-hydrogen) atoms. The monoisotopic (exact) mass is 332 g/mol. The molecule has 2 atom stereocenters. The fraction of sp³-hybridized carbons (Fsp3) is 0.500. The van der Waals surface area contributed by atoms with Crippen molar-refractivity contribution in [3.63, 3.8) is 0 Å². The van der Waals surface area contributed by atoms with Crippen LogP contribution in [0.4, 0.5) is 0 Å². The van der Waals surface area contributed by atoms with Gasteiger partial charge in [0.1, 0.15) is 5.25 Å². The molecule has 0 fully saturated rings. The van der Waals surface area contributed by atoms with Crippen LogP contribution < -0.4 is 0 Å². The summed E-state index contributed by atoms with van der Waals surface area (Å²) >= 11 is 0. The van der Waals surface area contributed by atoms with Crippen molar-refractivity contribution >= 4 is 26.6 Å². The van der Waals surface area contributed by atoms with Crippen LogP contribution in [0.3, 0.4) is 0 Å². The van der Waals surface area contributed by atoms with E-state index in [2.05, 4.69) is 0 Å². The fourth-order valence-electron chi connectivity index (χ4n) is 1.89. The van der Waals surface area contributed by atoms with Gasteiger partial charge in [-0.15, -0.1) is 0 Å². The molecule has 1 aromatic rings. The average Bonchev–Trinajstić information content (AvgIpc) is 2.43. The third kappa shape index (κ3) is 6.39. The first kappa shape index (κ1) is 17.8. The quantitative estimate of drug-likeness (QED) is 0.735. The summed E-state index contributed by atoms with van der Waals surface area (Å²) < 4.78 is 35.3. The largest absolute Gasteiger partial charge is 0.480 e. The van der Waals surface area contributed by atoms with Crippen LogP contribution in [-0.4, -0.2) is 46.2 Å². The average molecular weight is 332 g/mol. The smallest absolute Gasteiger partial charge is 0.319 e. The van der Waals surface area contributed by atoms with Crippen LogP contribution >= 0.6 is 0 Å². The van der Waals surface area contributed by atoms with Crippen LogP contribution in [0.15, 0.2) is 30.3 Å². The highest BCUT2D eigenvalue weighted by Gasteiger charge is 2.26. The Morgan fingerprint density at radius 2 is 1.86 bits per heavy atom. The molecule has 1 rings (SSSR count). The van der Waals surface area contributed by atoms with Crippen LogP contribution in [0.1, 0.15) is 18.9 Å². The Hall–Kier alpha value is -1.21. The van der Waals surface area contributed by atoms with Gasteiger partial charge in [-0.25, -0.2) is 8.42 Å². The van der Waals surface area contributed by atoms with Crippen molar-refractivity contribution in [2.24, 2.45) is 0 Å². The molecule has 0 heterocycles. The number of hydrogen-bond acceptors (Lipinski definition) is 4. The van der Waals surface area contributed by atoms with Crippen LogP contribution in [0.2, 0.25) is 0 Å². The van der Waals surface area contributed by atoms with Crippen LogP contribution in [0.5, 0.6) is 0 Å². The van der Waals surface area contributed by atoms with Crippen molar-refractivity contribution in [1.82, 2.24) is 0 Å². The van der Waals surface area contributed by atoms with Crippen molar-refractivity contribution in [2.45, 2.75) is 25.0 Å². The normalized spacial score (nSPS) is 14.5. The lowest BCUT2D eigenvalue weighted by Gasteiger charge is -2.12. The lowest BCUT2D eigenvalue weighted by atomic mass is 10.1. The van der Waals surface area contributed by atoms with E-state index in [-0.39, 0.29) is 23.7 Å². The van der Waals surface area contributed by atoms with E-state index in [0.717, 1.165) is 5.56 Å². The van der Waals surface area contributed by atoms with Gasteiger partial charge >= 0.3 is 5.97 Å². The zero-order chi connectivity index (χ0) is 15.9. The molecule has 7 heteroatoms.